The van der Waals surface area contributed by atoms with Gasteiger partial charge in [-0.05, 0) is 61.5 Å². The van der Waals surface area contributed by atoms with Crippen molar-refractivity contribution in [2.45, 2.75) is 13.8 Å². The first-order chi connectivity index (χ1) is 12.3. The number of carbonyl (C=O) groups excluding carboxylic acids is 3. The number of thioether (sulfide) groups is 1. The maximum atomic E-state index is 11.8. The summed E-state index contributed by atoms with van der Waals surface area (Å²) in [6, 6.07) is 6.78. The van der Waals surface area contributed by atoms with Crippen LogP contribution in [0, 0.1) is 13.8 Å². The first-order valence-corrected chi connectivity index (χ1v) is 8.83. The van der Waals surface area contributed by atoms with Crippen LogP contribution in [0.4, 0.5) is 4.79 Å². The van der Waals surface area contributed by atoms with Gasteiger partial charge >= 0.3 is 5.97 Å². The van der Waals surface area contributed by atoms with Gasteiger partial charge in [0, 0.05) is 11.4 Å². The van der Waals surface area contributed by atoms with Gasteiger partial charge in [-0.1, -0.05) is 11.6 Å². The lowest BCUT2D eigenvalue weighted by Gasteiger charge is -2.13. The van der Waals surface area contributed by atoms with Gasteiger partial charge in [0.2, 0.25) is 0 Å². The Morgan fingerprint density at radius 2 is 2.00 bits per heavy atom. The second-order valence-corrected chi connectivity index (χ2v) is 7.09. The smallest absolute Gasteiger partial charge is 0.337 e. The van der Waals surface area contributed by atoms with Crippen LogP contribution >= 0.6 is 23.4 Å². The Bertz CT molecular complexity index is 978. The van der Waals surface area contributed by atoms with Crippen LogP contribution < -0.4 is 5.32 Å². The van der Waals surface area contributed by atoms with E-state index in [1.807, 2.05) is 24.5 Å². The quantitative estimate of drug-likeness (QED) is 0.636. The Kier molecular flexibility index (Phi) is 4.93. The fourth-order valence-corrected chi connectivity index (χ4v) is 3.67. The van der Waals surface area contributed by atoms with Crippen LogP contribution in [0.1, 0.15) is 27.3 Å². The summed E-state index contributed by atoms with van der Waals surface area (Å²) in [6.45, 7) is 3.77. The van der Waals surface area contributed by atoms with Gasteiger partial charge in [-0.3, -0.25) is 14.9 Å². The molecule has 2 heterocycles. The molecule has 2 aromatic rings. The number of nitrogens with one attached hydrogen (secondary N) is 1. The summed E-state index contributed by atoms with van der Waals surface area (Å²) in [6.07, 6.45) is 1.67. The van der Waals surface area contributed by atoms with Gasteiger partial charge < -0.3 is 9.30 Å². The molecule has 26 heavy (non-hydrogen) atoms. The largest absolute Gasteiger partial charge is 0.465 e. The summed E-state index contributed by atoms with van der Waals surface area (Å²) in [5, 5.41) is 2.32. The van der Waals surface area contributed by atoms with Gasteiger partial charge in [0.05, 0.1) is 28.3 Å². The normalized spacial score (nSPS) is 15.5. The molecule has 1 aromatic heterocycles. The molecule has 1 fully saturated rings. The number of benzene rings is 1. The van der Waals surface area contributed by atoms with Gasteiger partial charge in [0.1, 0.15) is 0 Å². The average molecular weight is 391 g/mol. The van der Waals surface area contributed by atoms with Crippen LogP contribution in [0.3, 0.4) is 0 Å². The number of hydrogen-bond acceptors (Lipinski definition) is 5. The molecule has 1 aromatic carbocycles. The van der Waals surface area contributed by atoms with E-state index in [1.165, 1.54) is 7.11 Å². The second kappa shape index (κ2) is 7.01. The molecule has 1 aliphatic heterocycles. The maximum absolute atomic E-state index is 11.8. The highest BCUT2D eigenvalue weighted by atomic mass is 35.5. The lowest BCUT2D eigenvalue weighted by Crippen LogP contribution is -2.17. The highest BCUT2D eigenvalue weighted by Crippen LogP contribution is 2.31. The standard InChI is InChI=1S/C18H15ClN2O4S/c1-9-6-12(8-15-16(22)20-18(24)26-15)10(2)21(9)14-7-11(17(23)25-3)4-5-13(14)19/h4-8H,1-3H3,(H,20,22,24)/b15-8-. The van der Waals surface area contributed by atoms with Gasteiger partial charge in [-0.15, -0.1) is 0 Å². The SMILES string of the molecule is COC(=O)c1ccc(Cl)c(-n2c(C)cc(/C=C3\SC(=O)NC3=O)c2C)c1. The minimum absolute atomic E-state index is 0.338. The fraction of sp³-hybridized carbons (Fsp3) is 0.167. The van der Waals surface area contributed by atoms with Crippen LogP contribution in [0.5, 0.6) is 0 Å². The summed E-state index contributed by atoms with van der Waals surface area (Å²) in [5.41, 5.74) is 3.50. The summed E-state index contributed by atoms with van der Waals surface area (Å²) in [7, 11) is 1.32. The van der Waals surface area contributed by atoms with Crippen LogP contribution in [0.15, 0.2) is 29.2 Å². The van der Waals surface area contributed by atoms with E-state index in [0.29, 0.717) is 21.2 Å². The molecule has 2 amide bonds. The van der Waals surface area contributed by atoms with Crippen molar-refractivity contribution < 1.29 is 19.1 Å². The Morgan fingerprint density at radius 1 is 1.27 bits per heavy atom. The minimum Gasteiger partial charge on any atom is -0.465 e. The Morgan fingerprint density at radius 3 is 2.62 bits per heavy atom. The summed E-state index contributed by atoms with van der Waals surface area (Å²) < 4.78 is 6.65. The van der Waals surface area contributed by atoms with E-state index in [4.69, 9.17) is 16.3 Å². The van der Waals surface area contributed by atoms with E-state index in [-0.39, 0.29) is 5.24 Å². The Labute approximate surface area is 159 Å². The van der Waals surface area contributed by atoms with Crippen molar-refractivity contribution in [3.8, 4) is 5.69 Å². The monoisotopic (exact) mass is 390 g/mol. The highest BCUT2D eigenvalue weighted by molar-refractivity contribution is 8.18. The number of ether oxygens (including phenoxy) is 1. The molecule has 3 rings (SSSR count). The van der Waals surface area contributed by atoms with Crippen LogP contribution in [0.2, 0.25) is 5.02 Å². The predicted molar refractivity (Wildman–Crippen MR) is 101 cm³/mol. The number of esters is 1. The van der Waals surface area contributed by atoms with Gasteiger partial charge in [-0.25, -0.2) is 4.79 Å². The molecule has 0 bridgehead atoms. The predicted octanol–water partition coefficient (Wildman–Crippen LogP) is 3.86. The number of carbonyl (C=O) groups is 3. The number of imide groups is 1. The van der Waals surface area contributed by atoms with Crippen molar-refractivity contribution >= 4 is 46.6 Å². The first kappa shape index (κ1) is 18.3. The molecule has 0 saturated carbocycles. The van der Waals surface area contributed by atoms with E-state index >= 15 is 0 Å². The summed E-state index contributed by atoms with van der Waals surface area (Å²) in [5.74, 6) is -0.860. The number of amides is 2. The van der Waals surface area contributed by atoms with Crippen molar-refractivity contribution in [1.82, 2.24) is 9.88 Å². The molecule has 8 heteroatoms. The molecule has 0 aliphatic carbocycles. The average Bonchev–Trinajstić information content (AvgIpc) is 3.06. The molecule has 1 aliphatic rings. The third kappa shape index (κ3) is 3.27. The lowest BCUT2D eigenvalue weighted by atomic mass is 10.2. The Hall–Kier alpha value is -2.51. The molecule has 0 radical (unpaired) electrons. The number of rotatable bonds is 3. The molecular formula is C18H15ClN2O4S. The molecule has 0 atom stereocenters. The van der Waals surface area contributed by atoms with Gasteiger partial charge in [0.15, 0.2) is 0 Å². The third-order valence-corrected chi connectivity index (χ3v) is 5.14. The number of halogens is 1. The topological polar surface area (TPSA) is 77.4 Å². The zero-order valence-corrected chi connectivity index (χ0v) is 15.8. The maximum Gasteiger partial charge on any atom is 0.337 e. The molecule has 0 unspecified atom stereocenters. The summed E-state index contributed by atoms with van der Waals surface area (Å²) >= 11 is 7.21. The minimum atomic E-state index is -0.453. The molecule has 1 saturated heterocycles. The second-order valence-electron chi connectivity index (χ2n) is 5.67. The van der Waals surface area contributed by atoms with Crippen molar-refractivity contribution in [3.05, 3.63) is 56.7 Å². The molecule has 0 spiro atoms. The van der Waals surface area contributed by atoms with E-state index < -0.39 is 11.9 Å². The lowest BCUT2D eigenvalue weighted by molar-refractivity contribution is -0.115. The van der Waals surface area contributed by atoms with Crippen molar-refractivity contribution in [2.75, 3.05) is 7.11 Å². The third-order valence-electron chi connectivity index (χ3n) is 4.01. The molecule has 1 N–H and O–H groups in total. The van der Waals surface area contributed by atoms with Crippen LogP contribution in [-0.4, -0.2) is 28.8 Å². The zero-order chi connectivity index (χ0) is 19.0. The van der Waals surface area contributed by atoms with E-state index in [1.54, 1.807) is 24.3 Å². The highest BCUT2D eigenvalue weighted by Gasteiger charge is 2.26. The van der Waals surface area contributed by atoms with Crippen LogP contribution in [0.25, 0.3) is 11.8 Å². The van der Waals surface area contributed by atoms with Crippen molar-refractivity contribution in [1.29, 1.82) is 0 Å². The fourth-order valence-electron chi connectivity index (χ4n) is 2.80. The number of aromatic nitrogens is 1. The van der Waals surface area contributed by atoms with Gasteiger partial charge in [0.25, 0.3) is 11.1 Å². The summed E-state index contributed by atoms with van der Waals surface area (Å²) in [4.78, 5) is 35.3. The van der Waals surface area contributed by atoms with Gasteiger partial charge in [-0.2, -0.15) is 0 Å². The van der Waals surface area contributed by atoms with E-state index in [0.717, 1.165) is 28.7 Å². The van der Waals surface area contributed by atoms with Crippen LogP contribution in [-0.2, 0) is 9.53 Å². The number of methoxy groups -OCH3 is 1. The van der Waals surface area contributed by atoms with Crippen molar-refractivity contribution in [3.63, 3.8) is 0 Å². The molecule has 6 nitrogen and oxygen atoms in total. The first-order valence-electron chi connectivity index (χ1n) is 7.64. The van der Waals surface area contributed by atoms with Crippen molar-refractivity contribution in [2.24, 2.45) is 0 Å². The number of aryl methyl sites for hydroxylation is 1. The number of nitrogens with zero attached hydrogens (tertiary/aromatic N) is 1. The number of hydrogen-bond donors (Lipinski definition) is 1. The Balaban J connectivity index is 2.10. The molecule has 134 valence electrons. The zero-order valence-electron chi connectivity index (χ0n) is 14.3. The van der Waals surface area contributed by atoms with E-state index in [2.05, 4.69) is 5.32 Å². The molecular weight excluding hydrogens is 376 g/mol. The van der Waals surface area contributed by atoms with E-state index in [9.17, 15) is 14.4 Å².